The van der Waals surface area contributed by atoms with Crippen molar-refractivity contribution in [3.63, 3.8) is 0 Å². The van der Waals surface area contributed by atoms with Crippen molar-refractivity contribution < 1.29 is 0 Å². The second-order valence-corrected chi connectivity index (χ2v) is 6.18. The summed E-state index contributed by atoms with van der Waals surface area (Å²) in [4.78, 5) is 7.48. The van der Waals surface area contributed by atoms with Crippen LogP contribution >= 0.6 is 0 Å². The number of hydrogen-bond donors (Lipinski definition) is 0. The SMILES string of the molecule is CN1CCN(CC2=CC3=C(CC2)CN(C)C3)CC1. The van der Waals surface area contributed by atoms with Crippen LogP contribution in [0.2, 0.25) is 0 Å². The van der Waals surface area contributed by atoms with E-state index in [1.807, 2.05) is 0 Å². The highest BCUT2D eigenvalue weighted by molar-refractivity contribution is 5.38. The maximum atomic E-state index is 2.62. The zero-order chi connectivity index (χ0) is 12.5. The highest BCUT2D eigenvalue weighted by Gasteiger charge is 2.22. The Morgan fingerprint density at radius 1 is 0.944 bits per heavy atom. The van der Waals surface area contributed by atoms with E-state index in [1.165, 1.54) is 58.7 Å². The molecule has 0 aromatic heterocycles. The van der Waals surface area contributed by atoms with Gasteiger partial charge in [0.2, 0.25) is 0 Å². The standard InChI is InChI=1S/C15H25N3/c1-16-5-7-18(8-6-16)10-13-3-4-14-11-17(2)12-15(14)9-13/h9H,3-8,10-12H2,1-2H3. The van der Waals surface area contributed by atoms with Gasteiger partial charge in [-0.05, 0) is 32.5 Å². The molecule has 2 heterocycles. The fourth-order valence-electron chi connectivity index (χ4n) is 3.32. The Hall–Kier alpha value is -0.640. The summed E-state index contributed by atoms with van der Waals surface area (Å²) in [6, 6.07) is 0. The molecule has 0 amide bonds. The number of piperazine rings is 1. The van der Waals surface area contributed by atoms with E-state index in [2.05, 4.69) is 34.9 Å². The van der Waals surface area contributed by atoms with Crippen molar-refractivity contribution in [2.24, 2.45) is 0 Å². The van der Waals surface area contributed by atoms with E-state index in [1.54, 1.807) is 16.7 Å². The van der Waals surface area contributed by atoms with Crippen LogP contribution in [0.15, 0.2) is 22.8 Å². The van der Waals surface area contributed by atoms with Gasteiger partial charge in [0.05, 0.1) is 0 Å². The van der Waals surface area contributed by atoms with Crippen LogP contribution in [0.1, 0.15) is 12.8 Å². The normalized spacial score (nSPS) is 27.6. The van der Waals surface area contributed by atoms with Crippen molar-refractivity contribution in [2.75, 3.05) is 59.9 Å². The third-order valence-corrected chi connectivity index (χ3v) is 4.50. The van der Waals surface area contributed by atoms with E-state index >= 15 is 0 Å². The summed E-state index contributed by atoms with van der Waals surface area (Å²) in [5, 5.41) is 0. The van der Waals surface area contributed by atoms with Crippen molar-refractivity contribution in [3.8, 4) is 0 Å². The zero-order valence-electron chi connectivity index (χ0n) is 11.8. The Bertz CT molecular complexity index is 375. The Morgan fingerprint density at radius 3 is 2.50 bits per heavy atom. The first-order valence-electron chi connectivity index (χ1n) is 7.20. The summed E-state index contributed by atoms with van der Waals surface area (Å²) >= 11 is 0. The van der Waals surface area contributed by atoms with Crippen LogP contribution in [0.3, 0.4) is 0 Å². The molecule has 3 rings (SSSR count). The summed E-state index contributed by atoms with van der Waals surface area (Å²) in [7, 11) is 4.45. The van der Waals surface area contributed by atoms with Gasteiger partial charge in [-0.15, -0.1) is 0 Å². The molecule has 1 saturated heterocycles. The van der Waals surface area contributed by atoms with Crippen molar-refractivity contribution in [1.82, 2.24) is 14.7 Å². The molecule has 2 aliphatic heterocycles. The molecule has 100 valence electrons. The van der Waals surface area contributed by atoms with E-state index in [4.69, 9.17) is 0 Å². The summed E-state index contributed by atoms with van der Waals surface area (Å²) in [5.41, 5.74) is 4.97. The van der Waals surface area contributed by atoms with Gasteiger partial charge in [0, 0.05) is 45.8 Å². The van der Waals surface area contributed by atoms with Gasteiger partial charge in [0.25, 0.3) is 0 Å². The lowest BCUT2D eigenvalue weighted by Gasteiger charge is -2.33. The molecule has 1 aliphatic carbocycles. The largest absolute Gasteiger partial charge is 0.304 e. The van der Waals surface area contributed by atoms with Gasteiger partial charge in [-0.1, -0.05) is 17.2 Å². The van der Waals surface area contributed by atoms with Gasteiger partial charge in [0.1, 0.15) is 0 Å². The Kier molecular flexibility index (Phi) is 3.55. The molecular weight excluding hydrogens is 222 g/mol. The molecule has 18 heavy (non-hydrogen) atoms. The van der Waals surface area contributed by atoms with E-state index in [9.17, 15) is 0 Å². The molecule has 0 unspecified atom stereocenters. The Morgan fingerprint density at radius 2 is 1.72 bits per heavy atom. The smallest absolute Gasteiger partial charge is 0.0234 e. The first-order valence-corrected chi connectivity index (χ1v) is 7.20. The van der Waals surface area contributed by atoms with E-state index in [0.717, 1.165) is 0 Å². The second-order valence-electron chi connectivity index (χ2n) is 6.18. The fourth-order valence-corrected chi connectivity index (χ4v) is 3.32. The first kappa shape index (κ1) is 12.4. The Labute approximate surface area is 111 Å². The second kappa shape index (κ2) is 5.16. The maximum absolute atomic E-state index is 2.62. The predicted molar refractivity (Wildman–Crippen MR) is 75.8 cm³/mol. The molecule has 3 nitrogen and oxygen atoms in total. The van der Waals surface area contributed by atoms with Crippen molar-refractivity contribution in [3.05, 3.63) is 22.8 Å². The van der Waals surface area contributed by atoms with E-state index < -0.39 is 0 Å². The lowest BCUT2D eigenvalue weighted by atomic mass is 9.94. The van der Waals surface area contributed by atoms with Gasteiger partial charge < -0.3 is 4.90 Å². The molecule has 0 bridgehead atoms. The van der Waals surface area contributed by atoms with Crippen LogP contribution in [0.4, 0.5) is 0 Å². The summed E-state index contributed by atoms with van der Waals surface area (Å²) in [6.07, 6.45) is 5.10. The molecule has 0 saturated carbocycles. The highest BCUT2D eigenvalue weighted by Crippen LogP contribution is 2.29. The average Bonchev–Trinajstić information content (AvgIpc) is 2.71. The molecule has 3 aliphatic rings. The quantitative estimate of drug-likeness (QED) is 0.726. The minimum Gasteiger partial charge on any atom is -0.304 e. The van der Waals surface area contributed by atoms with Crippen molar-refractivity contribution in [2.45, 2.75) is 12.8 Å². The zero-order valence-corrected chi connectivity index (χ0v) is 11.8. The fraction of sp³-hybridized carbons (Fsp3) is 0.733. The van der Waals surface area contributed by atoms with Gasteiger partial charge in [-0.2, -0.15) is 0 Å². The molecule has 0 aromatic carbocycles. The molecule has 1 fully saturated rings. The van der Waals surface area contributed by atoms with Crippen molar-refractivity contribution in [1.29, 1.82) is 0 Å². The first-order chi connectivity index (χ1) is 8.70. The minimum atomic E-state index is 1.17. The maximum Gasteiger partial charge on any atom is 0.0234 e. The minimum absolute atomic E-state index is 1.17. The summed E-state index contributed by atoms with van der Waals surface area (Å²) in [6.45, 7) is 8.50. The predicted octanol–water partition coefficient (Wildman–Crippen LogP) is 1.20. The molecular formula is C15H25N3. The Balaban J connectivity index is 1.59. The molecule has 0 radical (unpaired) electrons. The highest BCUT2D eigenvalue weighted by atomic mass is 15.2. The lowest BCUT2D eigenvalue weighted by Crippen LogP contribution is -2.45. The van der Waals surface area contributed by atoms with Gasteiger partial charge >= 0.3 is 0 Å². The molecule has 0 aromatic rings. The number of hydrogen-bond acceptors (Lipinski definition) is 3. The average molecular weight is 247 g/mol. The third kappa shape index (κ3) is 2.68. The van der Waals surface area contributed by atoms with Gasteiger partial charge in [-0.3, -0.25) is 9.80 Å². The van der Waals surface area contributed by atoms with E-state index in [0.29, 0.717) is 0 Å². The monoisotopic (exact) mass is 247 g/mol. The van der Waals surface area contributed by atoms with Crippen molar-refractivity contribution >= 4 is 0 Å². The number of nitrogens with zero attached hydrogens (tertiary/aromatic N) is 3. The van der Waals surface area contributed by atoms with Crippen LogP contribution < -0.4 is 0 Å². The van der Waals surface area contributed by atoms with Crippen LogP contribution in [0.25, 0.3) is 0 Å². The lowest BCUT2D eigenvalue weighted by molar-refractivity contribution is 0.163. The van der Waals surface area contributed by atoms with Crippen LogP contribution in [0.5, 0.6) is 0 Å². The van der Waals surface area contributed by atoms with Gasteiger partial charge in [-0.25, -0.2) is 0 Å². The van der Waals surface area contributed by atoms with Gasteiger partial charge in [0.15, 0.2) is 0 Å². The summed E-state index contributed by atoms with van der Waals surface area (Å²) in [5.74, 6) is 0. The topological polar surface area (TPSA) is 9.72 Å². The number of likely N-dealkylation sites (N-methyl/N-ethyl adjacent to an activating group) is 2. The number of rotatable bonds is 2. The van der Waals surface area contributed by atoms with Crippen LogP contribution in [-0.4, -0.2) is 74.6 Å². The molecule has 0 atom stereocenters. The molecule has 3 heteroatoms. The van der Waals surface area contributed by atoms with Crippen LogP contribution in [-0.2, 0) is 0 Å². The third-order valence-electron chi connectivity index (χ3n) is 4.50. The molecule has 0 N–H and O–H groups in total. The summed E-state index contributed by atoms with van der Waals surface area (Å²) < 4.78 is 0. The van der Waals surface area contributed by atoms with Crippen LogP contribution in [0, 0.1) is 0 Å². The van der Waals surface area contributed by atoms with E-state index in [-0.39, 0.29) is 0 Å². The molecule has 0 spiro atoms.